The number of ether oxygens (including phenoxy) is 1. The van der Waals surface area contributed by atoms with Crippen molar-refractivity contribution in [3.05, 3.63) is 41.0 Å². The maximum Gasteiger partial charge on any atom is 0.122 e. The lowest BCUT2D eigenvalue weighted by Crippen LogP contribution is -2.14. The summed E-state index contributed by atoms with van der Waals surface area (Å²) >= 11 is 0. The molecule has 0 saturated heterocycles. The fourth-order valence-corrected chi connectivity index (χ4v) is 1.95. The standard InChI is InChI=1S/C14H20N4O/c1-10-5-14(19-4)6-13(17-10)9-15-7-12-8-16-18(3)11(12)2/h5-6,8,15H,7,9H2,1-4H3. The maximum absolute atomic E-state index is 5.24. The second-order valence-electron chi connectivity index (χ2n) is 4.62. The summed E-state index contributed by atoms with van der Waals surface area (Å²) < 4.78 is 7.12. The predicted molar refractivity (Wildman–Crippen MR) is 74.0 cm³/mol. The largest absolute Gasteiger partial charge is 0.497 e. The Hall–Kier alpha value is -1.88. The molecule has 0 bridgehead atoms. The van der Waals surface area contributed by atoms with E-state index in [9.17, 15) is 0 Å². The Labute approximate surface area is 113 Å². The number of aromatic nitrogens is 3. The number of pyridine rings is 1. The van der Waals surface area contributed by atoms with Crippen molar-refractivity contribution in [2.45, 2.75) is 26.9 Å². The van der Waals surface area contributed by atoms with Crippen molar-refractivity contribution < 1.29 is 4.74 Å². The van der Waals surface area contributed by atoms with E-state index >= 15 is 0 Å². The molecule has 2 rings (SSSR count). The normalized spacial score (nSPS) is 10.7. The molecule has 0 atom stereocenters. The van der Waals surface area contributed by atoms with E-state index < -0.39 is 0 Å². The van der Waals surface area contributed by atoms with E-state index in [1.807, 2.05) is 37.0 Å². The lowest BCUT2D eigenvalue weighted by atomic mass is 10.2. The van der Waals surface area contributed by atoms with Gasteiger partial charge in [0.2, 0.25) is 0 Å². The topological polar surface area (TPSA) is 52.0 Å². The zero-order valence-electron chi connectivity index (χ0n) is 11.9. The van der Waals surface area contributed by atoms with Gasteiger partial charge in [-0.15, -0.1) is 0 Å². The molecule has 0 amide bonds. The minimum absolute atomic E-state index is 0.715. The number of rotatable bonds is 5. The summed E-state index contributed by atoms with van der Waals surface area (Å²) in [6.07, 6.45) is 1.90. The van der Waals surface area contributed by atoms with Crippen LogP contribution in [0.2, 0.25) is 0 Å². The fourth-order valence-electron chi connectivity index (χ4n) is 1.95. The van der Waals surface area contributed by atoms with Gasteiger partial charge in [-0.05, 0) is 13.8 Å². The highest BCUT2D eigenvalue weighted by molar-refractivity contribution is 5.26. The van der Waals surface area contributed by atoms with Crippen LogP contribution >= 0.6 is 0 Å². The highest BCUT2D eigenvalue weighted by Gasteiger charge is 2.04. The Morgan fingerprint density at radius 2 is 2.05 bits per heavy atom. The summed E-state index contributed by atoms with van der Waals surface area (Å²) in [6.45, 7) is 5.54. The van der Waals surface area contributed by atoms with Crippen LogP contribution in [-0.2, 0) is 20.1 Å². The Morgan fingerprint density at radius 1 is 1.26 bits per heavy atom. The van der Waals surface area contributed by atoms with Crippen molar-refractivity contribution >= 4 is 0 Å². The number of hydrogen-bond acceptors (Lipinski definition) is 4. The fraction of sp³-hybridized carbons (Fsp3) is 0.429. The number of methoxy groups -OCH3 is 1. The first-order valence-electron chi connectivity index (χ1n) is 6.30. The molecule has 5 nitrogen and oxygen atoms in total. The minimum atomic E-state index is 0.715. The van der Waals surface area contributed by atoms with Gasteiger partial charge in [-0.2, -0.15) is 5.10 Å². The van der Waals surface area contributed by atoms with Crippen LogP contribution in [0, 0.1) is 13.8 Å². The van der Waals surface area contributed by atoms with E-state index in [0.717, 1.165) is 23.7 Å². The van der Waals surface area contributed by atoms with Crippen molar-refractivity contribution in [2.24, 2.45) is 7.05 Å². The van der Waals surface area contributed by atoms with E-state index in [4.69, 9.17) is 4.74 Å². The third-order valence-electron chi connectivity index (χ3n) is 3.17. The van der Waals surface area contributed by atoms with Gasteiger partial charge in [0.1, 0.15) is 5.75 Å². The number of aryl methyl sites for hydroxylation is 2. The van der Waals surface area contributed by atoms with Crippen molar-refractivity contribution in [1.29, 1.82) is 0 Å². The van der Waals surface area contributed by atoms with Crippen molar-refractivity contribution in [1.82, 2.24) is 20.1 Å². The highest BCUT2D eigenvalue weighted by atomic mass is 16.5. The summed E-state index contributed by atoms with van der Waals surface area (Å²) in [5, 5.41) is 7.60. The highest BCUT2D eigenvalue weighted by Crippen LogP contribution is 2.13. The summed E-state index contributed by atoms with van der Waals surface area (Å²) in [5.74, 6) is 0.849. The van der Waals surface area contributed by atoms with Crippen LogP contribution in [0.4, 0.5) is 0 Å². The van der Waals surface area contributed by atoms with Gasteiger partial charge >= 0.3 is 0 Å². The summed E-state index contributed by atoms with van der Waals surface area (Å²) in [5.41, 5.74) is 4.34. The molecule has 19 heavy (non-hydrogen) atoms. The summed E-state index contributed by atoms with van der Waals surface area (Å²) in [7, 11) is 3.62. The first-order valence-corrected chi connectivity index (χ1v) is 6.30. The second kappa shape index (κ2) is 5.84. The van der Waals surface area contributed by atoms with Crippen LogP contribution < -0.4 is 10.1 Å². The average Bonchev–Trinajstić information content (AvgIpc) is 2.70. The zero-order valence-corrected chi connectivity index (χ0v) is 11.9. The summed E-state index contributed by atoms with van der Waals surface area (Å²) in [4.78, 5) is 4.48. The van der Waals surface area contributed by atoms with Crippen molar-refractivity contribution in [3.8, 4) is 5.75 Å². The van der Waals surface area contributed by atoms with Gasteiger partial charge < -0.3 is 10.1 Å². The predicted octanol–water partition coefficient (Wildman–Crippen LogP) is 1.73. The number of nitrogens with zero attached hydrogens (tertiary/aromatic N) is 3. The molecule has 0 aliphatic heterocycles. The van der Waals surface area contributed by atoms with Gasteiger partial charge in [0.25, 0.3) is 0 Å². The molecule has 0 saturated carbocycles. The molecule has 2 aromatic heterocycles. The molecule has 2 heterocycles. The van der Waals surface area contributed by atoms with Crippen molar-refractivity contribution in [2.75, 3.05) is 7.11 Å². The van der Waals surface area contributed by atoms with E-state index in [1.165, 1.54) is 11.3 Å². The molecule has 0 spiro atoms. The smallest absolute Gasteiger partial charge is 0.122 e. The maximum atomic E-state index is 5.24. The molecule has 102 valence electrons. The van der Waals surface area contributed by atoms with Crippen molar-refractivity contribution in [3.63, 3.8) is 0 Å². The monoisotopic (exact) mass is 260 g/mol. The molecule has 0 radical (unpaired) electrons. The molecule has 1 N–H and O–H groups in total. The first-order chi connectivity index (χ1) is 9.10. The lowest BCUT2D eigenvalue weighted by Gasteiger charge is -2.07. The van der Waals surface area contributed by atoms with E-state index in [2.05, 4.69) is 22.3 Å². The molecular weight excluding hydrogens is 240 g/mol. The Bertz CT molecular complexity index is 563. The van der Waals surface area contributed by atoms with Gasteiger partial charge in [-0.3, -0.25) is 9.67 Å². The quantitative estimate of drug-likeness (QED) is 0.889. The van der Waals surface area contributed by atoms with Crippen LogP contribution in [0.3, 0.4) is 0 Å². The molecule has 0 aliphatic rings. The van der Waals surface area contributed by atoms with Crippen LogP contribution in [0.5, 0.6) is 5.75 Å². The van der Waals surface area contributed by atoms with Gasteiger partial charge in [-0.1, -0.05) is 0 Å². The minimum Gasteiger partial charge on any atom is -0.497 e. The molecule has 0 aromatic carbocycles. The average molecular weight is 260 g/mol. The lowest BCUT2D eigenvalue weighted by molar-refractivity contribution is 0.412. The van der Waals surface area contributed by atoms with E-state index in [1.54, 1.807) is 7.11 Å². The Kier molecular flexibility index (Phi) is 4.16. The Morgan fingerprint density at radius 3 is 2.68 bits per heavy atom. The van der Waals surface area contributed by atoms with Gasteiger partial charge in [0.15, 0.2) is 0 Å². The van der Waals surface area contributed by atoms with Crippen LogP contribution in [-0.4, -0.2) is 21.9 Å². The molecule has 2 aromatic rings. The summed E-state index contributed by atoms with van der Waals surface area (Å²) in [6, 6.07) is 3.88. The van der Waals surface area contributed by atoms with Crippen LogP contribution in [0.1, 0.15) is 22.6 Å². The molecule has 0 unspecified atom stereocenters. The Balaban J connectivity index is 1.96. The first kappa shape index (κ1) is 13.5. The third kappa shape index (κ3) is 3.32. The third-order valence-corrected chi connectivity index (χ3v) is 3.17. The second-order valence-corrected chi connectivity index (χ2v) is 4.62. The zero-order chi connectivity index (χ0) is 13.8. The molecule has 0 aliphatic carbocycles. The SMILES string of the molecule is COc1cc(C)nc(CNCc2cnn(C)c2C)c1. The van der Waals surface area contributed by atoms with Crippen LogP contribution in [0.25, 0.3) is 0 Å². The van der Waals surface area contributed by atoms with Gasteiger partial charge in [-0.25, -0.2) is 0 Å². The van der Waals surface area contributed by atoms with E-state index in [0.29, 0.717) is 6.54 Å². The number of hydrogen-bond donors (Lipinski definition) is 1. The molecular formula is C14H20N4O. The number of nitrogens with one attached hydrogen (secondary N) is 1. The van der Waals surface area contributed by atoms with E-state index in [-0.39, 0.29) is 0 Å². The molecule has 0 fully saturated rings. The van der Waals surface area contributed by atoms with Gasteiger partial charge in [0, 0.05) is 49.2 Å². The molecule has 5 heteroatoms. The van der Waals surface area contributed by atoms with Gasteiger partial charge in [0.05, 0.1) is 19.0 Å². The van der Waals surface area contributed by atoms with Crippen LogP contribution in [0.15, 0.2) is 18.3 Å².